The summed E-state index contributed by atoms with van der Waals surface area (Å²) in [6.07, 6.45) is 0.858. The fourth-order valence-electron chi connectivity index (χ4n) is 2.85. The quantitative estimate of drug-likeness (QED) is 0.921. The van der Waals surface area contributed by atoms with Crippen molar-refractivity contribution in [2.45, 2.75) is 25.9 Å². The number of aromatic nitrogens is 3. The highest BCUT2D eigenvalue weighted by Crippen LogP contribution is 2.30. The monoisotopic (exact) mass is 286 g/mol. The number of aryl methyl sites for hydroxylation is 1. The summed E-state index contributed by atoms with van der Waals surface area (Å²) < 4.78 is 1.90. The lowest BCUT2D eigenvalue weighted by molar-refractivity contribution is -0.144. The van der Waals surface area contributed by atoms with E-state index in [0.29, 0.717) is 13.1 Å². The van der Waals surface area contributed by atoms with Crippen molar-refractivity contribution in [3.8, 4) is 0 Å². The van der Waals surface area contributed by atoms with Crippen LogP contribution in [-0.4, -0.2) is 37.3 Å². The second-order valence-corrected chi connectivity index (χ2v) is 5.38. The molecule has 0 saturated heterocycles. The van der Waals surface area contributed by atoms with Gasteiger partial charge < -0.3 is 9.67 Å². The lowest BCUT2D eigenvalue weighted by Gasteiger charge is -2.34. The van der Waals surface area contributed by atoms with Gasteiger partial charge in [-0.3, -0.25) is 9.69 Å². The third-order valence-corrected chi connectivity index (χ3v) is 4.14. The zero-order chi connectivity index (χ0) is 15.0. The Labute approximate surface area is 123 Å². The molecule has 1 aliphatic heterocycles. The third-order valence-electron chi connectivity index (χ3n) is 4.14. The third kappa shape index (κ3) is 2.42. The molecule has 0 spiro atoms. The first-order valence-corrected chi connectivity index (χ1v) is 6.97. The number of aliphatic carboxylic acids is 1. The molecule has 1 unspecified atom stereocenters. The van der Waals surface area contributed by atoms with Crippen LogP contribution in [0.4, 0.5) is 0 Å². The molecule has 1 aromatic heterocycles. The molecule has 0 radical (unpaired) electrons. The van der Waals surface area contributed by atoms with Crippen LogP contribution in [0.3, 0.4) is 0 Å². The standard InChI is InChI=1S/C15H18N4O2/c1-10-16-17-13(18(10)2)9-19-8-7-11-5-3-4-6-12(11)14(19)15(20)21/h3-6,14H,7-9H2,1-2H3,(H,20,21). The van der Waals surface area contributed by atoms with Crippen LogP contribution in [0.15, 0.2) is 24.3 Å². The summed E-state index contributed by atoms with van der Waals surface area (Å²) in [6.45, 7) is 3.08. The van der Waals surface area contributed by atoms with Gasteiger partial charge in [-0.25, -0.2) is 0 Å². The number of carbonyl (C=O) groups is 1. The Kier molecular flexibility index (Phi) is 3.47. The van der Waals surface area contributed by atoms with Crippen molar-refractivity contribution >= 4 is 5.97 Å². The largest absolute Gasteiger partial charge is 0.480 e. The highest BCUT2D eigenvalue weighted by atomic mass is 16.4. The first-order chi connectivity index (χ1) is 10.1. The zero-order valence-corrected chi connectivity index (χ0v) is 12.2. The Morgan fingerprint density at radius 1 is 1.38 bits per heavy atom. The lowest BCUT2D eigenvalue weighted by Crippen LogP contribution is -2.39. The van der Waals surface area contributed by atoms with E-state index < -0.39 is 12.0 Å². The zero-order valence-electron chi connectivity index (χ0n) is 12.2. The number of carboxylic acids is 1. The molecule has 0 fully saturated rings. The predicted octanol–water partition coefficient (Wildman–Crippen LogP) is 1.31. The van der Waals surface area contributed by atoms with Crippen LogP contribution in [0.25, 0.3) is 0 Å². The first-order valence-electron chi connectivity index (χ1n) is 6.97. The van der Waals surface area contributed by atoms with Crippen LogP contribution in [0.2, 0.25) is 0 Å². The number of hydrogen-bond acceptors (Lipinski definition) is 4. The summed E-state index contributed by atoms with van der Waals surface area (Å²) in [5.41, 5.74) is 2.01. The summed E-state index contributed by atoms with van der Waals surface area (Å²) in [5, 5.41) is 17.8. The van der Waals surface area contributed by atoms with Crippen molar-refractivity contribution in [3.63, 3.8) is 0 Å². The molecule has 3 rings (SSSR count). The molecule has 1 atom stereocenters. The molecule has 6 heteroatoms. The van der Waals surface area contributed by atoms with Gasteiger partial charge in [0.25, 0.3) is 0 Å². The molecule has 0 saturated carbocycles. The van der Waals surface area contributed by atoms with Crippen molar-refractivity contribution in [2.75, 3.05) is 6.54 Å². The van der Waals surface area contributed by atoms with Gasteiger partial charge in [0.1, 0.15) is 17.7 Å². The van der Waals surface area contributed by atoms with E-state index in [1.165, 1.54) is 0 Å². The van der Waals surface area contributed by atoms with E-state index in [4.69, 9.17) is 0 Å². The van der Waals surface area contributed by atoms with Crippen LogP contribution < -0.4 is 0 Å². The van der Waals surface area contributed by atoms with E-state index in [9.17, 15) is 9.90 Å². The van der Waals surface area contributed by atoms with Crippen molar-refractivity contribution in [2.24, 2.45) is 7.05 Å². The molecular weight excluding hydrogens is 268 g/mol. The number of benzene rings is 1. The van der Waals surface area contributed by atoms with E-state index in [2.05, 4.69) is 10.2 Å². The van der Waals surface area contributed by atoms with Crippen LogP contribution in [0.1, 0.15) is 28.8 Å². The second-order valence-electron chi connectivity index (χ2n) is 5.38. The number of rotatable bonds is 3. The van der Waals surface area contributed by atoms with Crippen molar-refractivity contribution in [1.29, 1.82) is 0 Å². The fourth-order valence-corrected chi connectivity index (χ4v) is 2.85. The van der Waals surface area contributed by atoms with Gasteiger partial charge in [0, 0.05) is 13.6 Å². The molecular formula is C15H18N4O2. The maximum absolute atomic E-state index is 11.7. The van der Waals surface area contributed by atoms with Gasteiger partial charge in [-0.05, 0) is 24.5 Å². The van der Waals surface area contributed by atoms with Crippen LogP contribution >= 0.6 is 0 Å². The summed E-state index contributed by atoms with van der Waals surface area (Å²) in [4.78, 5) is 13.7. The highest BCUT2D eigenvalue weighted by molar-refractivity contribution is 5.76. The minimum absolute atomic E-state index is 0.489. The normalized spacial score (nSPS) is 18.5. The smallest absolute Gasteiger partial charge is 0.325 e. The molecule has 1 aromatic carbocycles. The Balaban J connectivity index is 1.92. The number of hydrogen-bond donors (Lipinski definition) is 1. The van der Waals surface area contributed by atoms with E-state index in [0.717, 1.165) is 29.2 Å². The lowest BCUT2D eigenvalue weighted by atomic mass is 9.92. The van der Waals surface area contributed by atoms with Gasteiger partial charge in [0.15, 0.2) is 0 Å². The van der Waals surface area contributed by atoms with Gasteiger partial charge in [-0.15, -0.1) is 10.2 Å². The molecule has 1 aliphatic rings. The number of carboxylic acid groups (broad SMARTS) is 1. The molecule has 0 amide bonds. The van der Waals surface area contributed by atoms with E-state index in [1.807, 2.05) is 47.7 Å². The Hall–Kier alpha value is -2.21. The SMILES string of the molecule is Cc1nnc(CN2CCc3ccccc3C2C(=O)O)n1C. The van der Waals surface area contributed by atoms with Crippen LogP contribution in [0.5, 0.6) is 0 Å². The van der Waals surface area contributed by atoms with Gasteiger partial charge in [-0.2, -0.15) is 0 Å². The average molecular weight is 286 g/mol. The summed E-state index contributed by atoms with van der Waals surface area (Å²) in [7, 11) is 1.90. The summed E-state index contributed by atoms with van der Waals surface area (Å²) >= 11 is 0. The van der Waals surface area contributed by atoms with Gasteiger partial charge in [0.2, 0.25) is 0 Å². The van der Waals surface area contributed by atoms with Gasteiger partial charge in [-0.1, -0.05) is 24.3 Å². The molecule has 0 aliphatic carbocycles. The highest BCUT2D eigenvalue weighted by Gasteiger charge is 2.33. The first kappa shape index (κ1) is 13.8. The van der Waals surface area contributed by atoms with E-state index in [-0.39, 0.29) is 0 Å². The van der Waals surface area contributed by atoms with Crippen LogP contribution in [0, 0.1) is 6.92 Å². The molecule has 1 N–H and O–H groups in total. The average Bonchev–Trinajstić information content (AvgIpc) is 2.78. The molecule has 110 valence electrons. The maximum Gasteiger partial charge on any atom is 0.325 e. The molecule has 6 nitrogen and oxygen atoms in total. The van der Waals surface area contributed by atoms with Crippen molar-refractivity contribution in [3.05, 3.63) is 47.0 Å². The predicted molar refractivity (Wildman–Crippen MR) is 76.7 cm³/mol. The maximum atomic E-state index is 11.7. The Morgan fingerprint density at radius 2 is 2.14 bits per heavy atom. The summed E-state index contributed by atoms with van der Waals surface area (Å²) in [5.74, 6) is 0.799. The number of fused-ring (bicyclic) bond motifs is 1. The van der Waals surface area contributed by atoms with E-state index >= 15 is 0 Å². The minimum atomic E-state index is -0.818. The molecule has 0 bridgehead atoms. The fraction of sp³-hybridized carbons (Fsp3) is 0.400. The summed E-state index contributed by atoms with van der Waals surface area (Å²) in [6, 6.07) is 7.15. The molecule has 2 aromatic rings. The van der Waals surface area contributed by atoms with E-state index in [1.54, 1.807) is 0 Å². The second kappa shape index (κ2) is 5.29. The van der Waals surface area contributed by atoms with Crippen molar-refractivity contribution in [1.82, 2.24) is 19.7 Å². The number of nitrogens with zero attached hydrogens (tertiary/aromatic N) is 4. The Morgan fingerprint density at radius 3 is 2.81 bits per heavy atom. The Bertz CT molecular complexity index is 680. The van der Waals surface area contributed by atoms with Gasteiger partial charge in [0.05, 0.1) is 6.54 Å². The molecule has 2 heterocycles. The van der Waals surface area contributed by atoms with Crippen LogP contribution in [-0.2, 0) is 24.8 Å². The van der Waals surface area contributed by atoms with Crippen molar-refractivity contribution < 1.29 is 9.90 Å². The molecule has 21 heavy (non-hydrogen) atoms. The minimum Gasteiger partial charge on any atom is -0.480 e. The topological polar surface area (TPSA) is 71.2 Å². The van der Waals surface area contributed by atoms with Gasteiger partial charge >= 0.3 is 5.97 Å².